The minimum absolute atomic E-state index is 0.168. The van der Waals surface area contributed by atoms with Gasteiger partial charge >= 0.3 is 23.9 Å². The van der Waals surface area contributed by atoms with Crippen molar-refractivity contribution < 1.29 is 39.6 Å². The third-order valence-electron chi connectivity index (χ3n) is 7.01. The molecule has 12 nitrogen and oxygen atoms in total. The summed E-state index contributed by atoms with van der Waals surface area (Å²) in [4.78, 5) is 53.0. The molecule has 4 N–H and O–H groups in total. The van der Waals surface area contributed by atoms with Crippen LogP contribution in [-0.2, 0) is 32.0 Å². The average Bonchev–Trinajstić information content (AvgIpc) is 2.94. The normalized spacial score (nSPS) is 16.8. The van der Waals surface area contributed by atoms with Gasteiger partial charge in [0.15, 0.2) is 0 Å². The molecule has 1 atom stereocenters. The van der Waals surface area contributed by atoms with Crippen molar-refractivity contribution in [3.8, 4) is 0 Å². The Bertz CT molecular complexity index is 898. The van der Waals surface area contributed by atoms with Crippen molar-refractivity contribution in [2.75, 3.05) is 72.0 Å². The van der Waals surface area contributed by atoms with Gasteiger partial charge in [-0.25, -0.2) is 0 Å². The van der Waals surface area contributed by atoms with E-state index in [2.05, 4.69) is 36.1 Å². The minimum atomic E-state index is -1.11. The zero-order valence-electron chi connectivity index (χ0n) is 22.7. The van der Waals surface area contributed by atoms with E-state index in [9.17, 15) is 39.6 Å². The molecule has 0 spiro atoms. The third kappa shape index (κ3) is 13.0. The number of hydrogen-bond donors (Lipinski definition) is 4. The lowest BCUT2D eigenvalue weighted by molar-refractivity contribution is -0.143. The van der Waals surface area contributed by atoms with E-state index in [0.29, 0.717) is 52.2 Å². The Morgan fingerprint density at radius 3 is 1.56 bits per heavy atom. The van der Waals surface area contributed by atoms with Crippen LogP contribution >= 0.6 is 0 Å². The average molecular weight is 551 g/mol. The van der Waals surface area contributed by atoms with Crippen LogP contribution in [0.2, 0.25) is 0 Å². The molecule has 218 valence electrons. The number of carbonyl (C=O) groups is 4. The summed E-state index contributed by atoms with van der Waals surface area (Å²) in [5.41, 5.74) is 2.40. The molecule has 1 aliphatic rings. The zero-order valence-corrected chi connectivity index (χ0v) is 22.7. The quantitative estimate of drug-likeness (QED) is 0.226. The first kappa shape index (κ1) is 32.2. The molecule has 2 rings (SSSR count). The van der Waals surface area contributed by atoms with Gasteiger partial charge in [0, 0.05) is 51.9 Å². The van der Waals surface area contributed by atoms with Crippen LogP contribution < -0.4 is 0 Å². The lowest BCUT2D eigenvalue weighted by Crippen LogP contribution is -2.50. The molecule has 1 fully saturated rings. The molecule has 1 unspecified atom stereocenters. The number of carboxylic acids is 4. The van der Waals surface area contributed by atoms with E-state index in [-0.39, 0.29) is 19.1 Å². The molecule has 1 aromatic carbocycles. The van der Waals surface area contributed by atoms with Crippen molar-refractivity contribution in [2.24, 2.45) is 0 Å². The first-order valence-electron chi connectivity index (χ1n) is 13.4. The summed E-state index contributed by atoms with van der Waals surface area (Å²) in [6, 6.07) is 7.96. The molecule has 12 heteroatoms. The van der Waals surface area contributed by atoms with Crippen LogP contribution in [0.15, 0.2) is 24.3 Å². The number of carboxylic acid groups (broad SMARTS) is 4. The van der Waals surface area contributed by atoms with Gasteiger partial charge in [0.05, 0.1) is 26.2 Å². The van der Waals surface area contributed by atoms with Crippen LogP contribution in [0.4, 0.5) is 0 Å². The molecule has 0 radical (unpaired) electrons. The van der Waals surface area contributed by atoms with Crippen molar-refractivity contribution in [3.63, 3.8) is 0 Å². The van der Waals surface area contributed by atoms with E-state index >= 15 is 0 Å². The smallest absolute Gasteiger partial charge is 0.317 e. The Morgan fingerprint density at radius 2 is 1.15 bits per heavy atom. The Hall–Kier alpha value is -3.06. The fourth-order valence-corrected chi connectivity index (χ4v) is 4.90. The lowest BCUT2D eigenvalue weighted by atomic mass is 10.0. The van der Waals surface area contributed by atoms with Gasteiger partial charge in [0.2, 0.25) is 0 Å². The fourth-order valence-electron chi connectivity index (χ4n) is 4.90. The van der Waals surface area contributed by atoms with Crippen LogP contribution in [0.25, 0.3) is 0 Å². The summed E-state index contributed by atoms with van der Waals surface area (Å²) in [6.07, 6.45) is 3.03. The van der Waals surface area contributed by atoms with Crippen molar-refractivity contribution >= 4 is 23.9 Å². The summed E-state index contributed by atoms with van der Waals surface area (Å²) in [5, 5.41) is 37.6. The van der Waals surface area contributed by atoms with Gasteiger partial charge in [0.25, 0.3) is 0 Å². The molecule has 0 aliphatic carbocycles. The Morgan fingerprint density at radius 1 is 0.718 bits per heavy atom. The van der Waals surface area contributed by atoms with E-state index in [0.717, 1.165) is 24.8 Å². The summed E-state index contributed by atoms with van der Waals surface area (Å²) >= 11 is 0. The topological polar surface area (TPSA) is 162 Å². The highest BCUT2D eigenvalue weighted by Crippen LogP contribution is 2.15. The second-order valence-corrected chi connectivity index (χ2v) is 10.0. The third-order valence-corrected chi connectivity index (χ3v) is 7.01. The minimum Gasteiger partial charge on any atom is -0.480 e. The van der Waals surface area contributed by atoms with Crippen LogP contribution in [-0.4, -0.2) is 142 Å². The van der Waals surface area contributed by atoms with Crippen LogP contribution in [0, 0.1) is 0 Å². The molecule has 0 saturated carbocycles. The van der Waals surface area contributed by atoms with Gasteiger partial charge in [-0.2, -0.15) is 0 Å². The number of aliphatic carboxylic acids is 4. The molecule has 39 heavy (non-hydrogen) atoms. The molecule has 0 aromatic heterocycles. The first-order valence-corrected chi connectivity index (χ1v) is 13.4. The van der Waals surface area contributed by atoms with Crippen LogP contribution in [0.1, 0.15) is 30.9 Å². The van der Waals surface area contributed by atoms with Crippen LogP contribution in [0.5, 0.6) is 0 Å². The number of hydrogen-bond acceptors (Lipinski definition) is 8. The summed E-state index contributed by atoms with van der Waals surface area (Å²) in [7, 11) is 0. The van der Waals surface area contributed by atoms with E-state index in [1.807, 2.05) is 0 Å². The van der Waals surface area contributed by atoms with Crippen molar-refractivity contribution in [2.45, 2.75) is 38.6 Å². The Labute approximate surface area is 229 Å². The molecule has 1 heterocycles. The predicted molar refractivity (Wildman–Crippen MR) is 144 cm³/mol. The standard InChI is InChI=1S/C27H42N4O8/c1-2-21-6-8-22(9-7-21)4-3-5-23(31(19-26(36)37)20-27(38)39)16-28-10-12-29(17-24(32)33)14-15-30(13-11-28)18-25(34)35/h6-9,23H,2-5,10-20H2,1H3,(H,32,33)(H,34,35)(H,36,37)(H,38,39). The first-order chi connectivity index (χ1) is 18.5. The number of rotatable bonds is 16. The van der Waals surface area contributed by atoms with Gasteiger partial charge in [-0.15, -0.1) is 0 Å². The largest absolute Gasteiger partial charge is 0.480 e. The highest BCUT2D eigenvalue weighted by Gasteiger charge is 2.27. The van der Waals surface area contributed by atoms with E-state index < -0.39 is 37.0 Å². The summed E-state index contributed by atoms with van der Waals surface area (Å²) in [5.74, 6) is -4.16. The Balaban J connectivity index is 2.19. The van der Waals surface area contributed by atoms with Gasteiger partial charge in [-0.3, -0.25) is 38.8 Å². The maximum atomic E-state index is 11.6. The molecule has 0 bridgehead atoms. The highest BCUT2D eigenvalue weighted by molar-refractivity contribution is 5.72. The lowest BCUT2D eigenvalue weighted by Gasteiger charge is -2.35. The van der Waals surface area contributed by atoms with E-state index in [1.54, 1.807) is 9.80 Å². The predicted octanol–water partition coefficient (Wildman–Crippen LogP) is 0.500. The molecular formula is C27H42N4O8. The second kappa shape index (κ2) is 16.8. The fraction of sp³-hybridized carbons (Fsp3) is 0.630. The Kier molecular flexibility index (Phi) is 13.9. The van der Waals surface area contributed by atoms with Crippen LogP contribution in [0.3, 0.4) is 0 Å². The highest BCUT2D eigenvalue weighted by atomic mass is 16.4. The maximum absolute atomic E-state index is 11.6. The number of nitrogens with zero attached hydrogens (tertiary/aromatic N) is 4. The second-order valence-electron chi connectivity index (χ2n) is 10.0. The van der Waals surface area contributed by atoms with E-state index in [1.165, 1.54) is 10.5 Å². The van der Waals surface area contributed by atoms with Crippen molar-refractivity contribution in [1.29, 1.82) is 0 Å². The monoisotopic (exact) mass is 550 g/mol. The van der Waals surface area contributed by atoms with Gasteiger partial charge in [-0.1, -0.05) is 31.2 Å². The molecular weight excluding hydrogens is 508 g/mol. The van der Waals surface area contributed by atoms with E-state index in [4.69, 9.17) is 0 Å². The van der Waals surface area contributed by atoms with Gasteiger partial charge in [0.1, 0.15) is 0 Å². The van der Waals surface area contributed by atoms with Crippen molar-refractivity contribution in [3.05, 3.63) is 35.4 Å². The maximum Gasteiger partial charge on any atom is 0.317 e. The zero-order chi connectivity index (χ0) is 28.8. The molecule has 1 saturated heterocycles. The van der Waals surface area contributed by atoms with Gasteiger partial charge < -0.3 is 20.4 Å². The molecule has 1 aromatic rings. The molecule has 0 amide bonds. The molecule has 1 aliphatic heterocycles. The number of benzene rings is 1. The van der Waals surface area contributed by atoms with Crippen molar-refractivity contribution in [1.82, 2.24) is 19.6 Å². The SMILES string of the molecule is CCc1ccc(CCCC(CN2CCN(CC(=O)O)CCN(CC(=O)O)CC2)N(CC(=O)O)CC(=O)O)cc1. The summed E-state index contributed by atoms with van der Waals surface area (Å²) in [6.45, 7) is 4.04. The summed E-state index contributed by atoms with van der Waals surface area (Å²) < 4.78 is 0. The number of aryl methyl sites for hydroxylation is 2. The van der Waals surface area contributed by atoms with Gasteiger partial charge in [-0.05, 0) is 36.8 Å².